The van der Waals surface area contributed by atoms with Crippen LogP contribution in [0.4, 0.5) is 0 Å². The highest BCUT2D eigenvalue weighted by Gasteiger charge is 2.41. The van der Waals surface area contributed by atoms with Gasteiger partial charge in [0.15, 0.2) is 5.76 Å². The molecule has 0 aromatic carbocycles. The van der Waals surface area contributed by atoms with Crippen molar-refractivity contribution in [2.75, 3.05) is 18.1 Å². The molecular formula is C19H25N3O4S. The Morgan fingerprint density at radius 3 is 2.93 bits per heavy atom. The van der Waals surface area contributed by atoms with E-state index in [0.29, 0.717) is 25.1 Å². The van der Waals surface area contributed by atoms with E-state index in [-0.39, 0.29) is 23.8 Å². The number of aromatic hydroxyl groups is 1. The molecule has 0 atom stereocenters. The van der Waals surface area contributed by atoms with Crippen molar-refractivity contribution in [1.82, 2.24) is 14.9 Å². The fourth-order valence-electron chi connectivity index (χ4n) is 3.49. The molecule has 0 spiro atoms. The van der Waals surface area contributed by atoms with Crippen molar-refractivity contribution in [1.29, 1.82) is 0 Å². The average Bonchev–Trinajstić information content (AvgIpc) is 3.16. The van der Waals surface area contributed by atoms with E-state index in [9.17, 15) is 14.7 Å². The lowest BCUT2D eigenvalue weighted by molar-refractivity contribution is -0.122. The molecule has 3 heterocycles. The van der Waals surface area contributed by atoms with E-state index in [4.69, 9.17) is 4.42 Å². The van der Waals surface area contributed by atoms with Gasteiger partial charge in [-0.25, -0.2) is 4.98 Å². The summed E-state index contributed by atoms with van der Waals surface area (Å²) in [5.74, 6) is 2.00. The van der Waals surface area contributed by atoms with Gasteiger partial charge in [0.25, 0.3) is 0 Å². The minimum atomic E-state index is -0.630. The zero-order valence-electron chi connectivity index (χ0n) is 15.4. The van der Waals surface area contributed by atoms with Gasteiger partial charge in [0, 0.05) is 43.4 Å². The molecule has 146 valence electrons. The van der Waals surface area contributed by atoms with Crippen LogP contribution in [0, 0.1) is 6.92 Å². The van der Waals surface area contributed by atoms with E-state index in [1.54, 1.807) is 19.4 Å². The first-order valence-electron chi connectivity index (χ1n) is 9.14. The standard InChI is InChI=1S/C19H25N3O4S/c1-14-11-15(23)17(25)18(26-14)19(3-9-27-10-4-19)12-16(24)21-5-2-7-22-8-6-20-13-22/h6,8,11,13,25H,2-5,7,9-10,12H2,1H3,(H,21,24). The number of hydrogen-bond donors (Lipinski definition) is 2. The molecule has 0 bridgehead atoms. The maximum atomic E-state index is 12.6. The van der Waals surface area contributed by atoms with E-state index in [1.165, 1.54) is 6.07 Å². The Labute approximate surface area is 162 Å². The second kappa shape index (κ2) is 8.65. The molecule has 1 saturated heterocycles. The van der Waals surface area contributed by atoms with Crippen LogP contribution in [0.2, 0.25) is 0 Å². The van der Waals surface area contributed by atoms with Crippen molar-refractivity contribution in [3.63, 3.8) is 0 Å². The van der Waals surface area contributed by atoms with Gasteiger partial charge in [-0.15, -0.1) is 0 Å². The Morgan fingerprint density at radius 2 is 2.22 bits per heavy atom. The lowest BCUT2D eigenvalue weighted by Gasteiger charge is -2.35. The summed E-state index contributed by atoms with van der Waals surface area (Å²) in [6, 6.07) is 1.28. The van der Waals surface area contributed by atoms with E-state index in [2.05, 4.69) is 10.3 Å². The van der Waals surface area contributed by atoms with Gasteiger partial charge < -0.3 is 19.4 Å². The lowest BCUT2D eigenvalue weighted by atomic mass is 9.75. The maximum Gasteiger partial charge on any atom is 0.227 e. The molecule has 0 aliphatic carbocycles. The van der Waals surface area contributed by atoms with E-state index >= 15 is 0 Å². The number of amides is 1. The van der Waals surface area contributed by atoms with Crippen molar-refractivity contribution in [3.05, 3.63) is 46.5 Å². The minimum Gasteiger partial charge on any atom is -0.502 e. The van der Waals surface area contributed by atoms with Gasteiger partial charge in [0.2, 0.25) is 17.1 Å². The summed E-state index contributed by atoms with van der Waals surface area (Å²) in [5.41, 5.74) is -1.08. The molecule has 1 fully saturated rings. The summed E-state index contributed by atoms with van der Waals surface area (Å²) >= 11 is 1.81. The van der Waals surface area contributed by atoms with Crippen molar-refractivity contribution < 1.29 is 14.3 Å². The van der Waals surface area contributed by atoms with Gasteiger partial charge in [-0.1, -0.05) is 0 Å². The Kier molecular flexibility index (Phi) is 6.26. The highest BCUT2D eigenvalue weighted by molar-refractivity contribution is 7.99. The summed E-state index contributed by atoms with van der Waals surface area (Å²) in [6.07, 6.45) is 7.76. The number of aryl methyl sites for hydroxylation is 2. The van der Waals surface area contributed by atoms with Crippen LogP contribution in [-0.2, 0) is 16.8 Å². The molecule has 2 aromatic rings. The molecule has 1 amide bonds. The third kappa shape index (κ3) is 4.74. The van der Waals surface area contributed by atoms with E-state index in [1.807, 2.05) is 22.5 Å². The number of thioether (sulfide) groups is 1. The monoisotopic (exact) mass is 391 g/mol. The Balaban J connectivity index is 1.68. The average molecular weight is 391 g/mol. The third-order valence-electron chi connectivity index (χ3n) is 4.95. The Bertz CT molecular complexity index is 826. The first-order valence-corrected chi connectivity index (χ1v) is 10.3. The predicted molar refractivity (Wildman–Crippen MR) is 104 cm³/mol. The fraction of sp³-hybridized carbons (Fsp3) is 0.526. The van der Waals surface area contributed by atoms with Crippen LogP contribution in [0.3, 0.4) is 0 Å². The highest BCUT2D eigenvalue weighted by Crippen LogP contribution is 2.43. The molecule has 1 aliphatic heterocycles. The second-order valence-electron chi connectivity index (χ2n) is 6.97. The van der Waals surface area contributed by atoms with Gasteiger partial charge in [0.1, 0.15) is 5.76 Å². The van der Waals surface area contributed by atoms with Crippen LogP contribution in [-0.4, -0.2) is 38.6 Å². The molecule has 3 rings (SSSR count). The summed E-state index contributed by atoms with van der Waals surface area (Å²) < 4.78 is 7.72. The van der Waals surface area contributed by atoms with Gasteiger partial charge in [-0.3, -0.25) is 9.59 Å². The zero-order chi connectivity index (χ0) is 19.3. The number of rotatable bonds is 7. The first kappa shape index (κ1) is 19.5. The normalized spacial score (nSPS) is 16.2. The molecule has 8 heteroatoms. The molecule has 2 aromatic heterocycles. The van der Waals surface area contributed by atoms with Crippen molar-refractivity contribution >= 4 is 17.7 Å². The number of imidazole rings is 1. The number of nitrogens with one attached hydrogen (secondary N) is 1. The molecule has 7 nitrogen and oxygen atoms in total. The van der Waals surface area contributed by atoms with Crippen LogP contribution >= 0.6 is 11.8 Å². The van der Waals surface area contributed by atoms with Crippen LogP contribution in [0.15, 0.2) is 34.0 Å². The molecular weight excluding hydrogens is 366 g/mol. The SMILES string of the molecule is Cc1cc(=O)c(O)c(C2(CC(=O)NCCCn3ccnc3)CCSCC2)o1. The van der Waals surface area contributed by atoms with Crippen LogP contribution in [0.5, 0.6) is 5.75 Å². The number of hydrogen-bond acceptors (Lipinski definition) is 6. The molecule has 0 radical (unpaired) electrons. The molecule has 0 saturated carbocycles. The number of carbonyl (C=O) groups is 1. The molecule has 27 heavy (non-hydrogen) atoms. The highest BCUT2D eigenvalue weighted by atomic mass is 32.2. The summed E-state index contributed by atoms with van der Waals surface area (Å²) in [4.78, 5) is 28.6. The molecule has 2 N–H and O–H groups in total. The Hall–Kier alpha value is -2.22. The fourth-order valence-corrected chi connectivity index (χ4v) is 4.76. The number of aromatic nitrogens is 2. The summed E-state index contributed by atoms with van der Waals surface area (Å²) in [7, 11) is 0. The number of nitrogens with zero attached hydrogens (tertiary/aromatic N) is 2. The Morgan fingerprint density at radius 1 is 1.44 bits per heavy atom. The van der Waals surface area contributed by atoms with E-state index < -0.39 is 10.8 Å². The largest absolute Gasteiger partial charge is 0.502 e. The summed E-state index contributed by atoms with van der Waals surface area (Å²) in [5, 5.41) is 13.3. The van der Waals surface area contributed by atoms with Gasteiger partial charge in [-0.05, 0) is 37.7 Å². The van der Waals surface area contributed by atoms with E-state index in [0.717, 1.165) is 24.5 Å². The van der Waals surface area contributed by atoms with Gasteiger partial charge in [0.05, 0.1) is 6.33 Å². The first-order chi connectivity index (χ1) is 13.0. The second-order valence-corrected chi connectivity index (χ2v) is 8.20. The predicted octanol–water partition coefficient (Wildman–Crippen LogP) is 2.21. The van der Waals surface area contributed by atoms with Crippen LogP contribution in [0.25, 0.3) is 0 Å². The van der Waals surface area contributed by atoms with Crippen molar-refractivity contribution in [3.8, 4) is 5.75 Å². The lowest BCUT2D eigenvalue weighted by Crippen LogP contribution is -2.39. The molecule has 1 aliphatic rings. The smallest absolute Gasteiger partial charge is 0.227 e. The summed E-state index contributed by atoms with van der Waals surface area (Å²) in [6.45, 7) is 3.03. The van der Waals surface area contributed by atoms with Crippen LogP contribution in [0.1, 0.15) is 37.2 Å². The topological polar surface area (TPSA) is 97.4 Å². The quantitative estimate of drug-likeness (QED) is 0.703. The number of carbonyl (C=O) groups excluding carboxylic acids is 1. The molecule has 0 unspecified atom stereocenters. The van der Waals surface area contributed by atoms with Crippen molar-refractivity contribution in [2.24, 2.45) is 0 Å². The van der Waals surface area contributed by atoms with Crippen molar-refractivity contribution in [2.45, 2.75) is 44.6 Å². The third-order valence-corrected chi connectivity index (χ3v) is 5.94. The zero-order valence-corrected chi connectivity index (χ0v) is 16.3. The van der Waals surface area contributed by atoms with Crippen LogP contribution < -0.4 is 10.7 Å². The van der Waals surface area contributed by atoms with Gasteiger partial charge >= 0.3 is 0 Å². The minimum absolute atomic E-state index is 0.0870. The van der Waals surface area contributed by atoms with Gasteiger partial charge in [-0.2, -0.15) is 11.8 Å². The maximum absolute atomic E-state index is 12.6.